The van der Waals surface area contributed by atoms with Crippen LogP contribution in [0.5, 0.6) is 0 Å². The quantitative estimate of drug-likeness (QED) is 0.647. The molecule has 0 amide bonds. The summed E-state index contributed by atoms with van der Waals surface area (Å²) in [4.78, 5) is 0.326. The fraction of sp³-hybridized carbons (Fsp3) is 0.625. The number of rotatable bonds is 10. The maximum absolute atomic E-state index is 12.2. The molecule has 0 aliphatic rings. The van der Waals surface area contributed by atoms with Gasteiger partial charge in [-0.05, 0) is 25.5 Å². The van der Waals surface area contributed by atoms with Crippen LogP contribution in [0.15, 0.2) is 29.2 Å². The highest BCUT2D eigenvalue weighted by molar-refractivity contribution is 7.89. The monoisotopic (exact) mass is 312 g/mol. The molecule has 1 atom stereocenters. The van der Waals surface area contributed by atoms with Gasteiger partial charge in [-0.1, -0.05) is 51.7 Å². The third-order valence-corrected chi connectivity index (χ3v) is 5.01. The van der Waals surface area contributed by atoms with Crippen molar-refractivity contribution >= 4 is 15.7 Å². The van der Waals surface area contributed by atoms with Crippen molar-refractivity contribution in [1.29, 1.82) is 0 Å². The van der Waals surface area contributed by atoms with E-state index in [-0.39, 0.29) is 6.04 Å². The first-order valence-corrected chi connectivity index (χ1v) is 9.34. The molecule has 4 nitrogen and oxygen atoms in total. The maximum atomic E-state index is 12.2. The largest absolute Gasteiger partial charge is 0.381 e. The number of unbranched alkanes of at least 4 members (excludes halogenated alkanes) is 3. The van der Waals surface area contributed by atoms with Crippen LogP contribution in [0.2, 0.25) is 0 Å². The molecule has 120 valence electrons. The number of sulfonamides is 1. The first-order valence-electron chi connectivity index (χ1n) is 7.86. The summed E-state index contributed by atoms with van der Waals surface area (Å²) in [5.74, 6) is 0. The average Bonchev–Trinajstić information content (AvgIpc) is 2.44. The summed E-state index contributed by atoms with van der Waals surface area (Å²) in [6.45, 7) is 6.47. The minimum Gasteiger partial charge on any atom is -0.381 e. The lowest BCUT2D eigenvalue weighted by molar-refractivity contribution is 0.582. The summed E-state index contributed by atoms with van der Waals surface area (Å²) in [6.07, 6.45) is 5.95. The predicted molar refractivity (Wildman–Crippen MR) is 89.1 cm³/mol. The zero-order chi connectivity index (χ0) is 15.7. The Morgan fingerprint density at radius 1 is 1.10 bits per heavy atom. The van der Waals surface area contributed by atoms with Crippen LogP contribution >= 0.6 is 0 Å². The van der Waals surface area contributed by atoms with Crippen molar-refractivity contribution in [1.82, 2.24) is 4.72 Å². The smallest absolute Gasteiger partial charge is 0.242 e. The Morgan fingerprint density at radius 2 is 1.81 bits per heavy atom. The Kier molecular flexibility index (Phi) is 7.75. The molecule has 21 heavy (non-hydrogen) atoms. The molecule has 1 aromatic carbocycles. The van der Waals surface area contributed by atoms with Crippen LogP contribution in [0.25, 0.3) is 0 Å². The lowest BCUT2D eigenvalue weighted by Gasteiger charge is -2.18. The molecule has 0 heterocycles. The average molecular weight is 312 g/mol. The lowest BCUT2D eigenvalue weighted by atomic mass is 10.1. The molecule has 0 aromatic heterocycles. The predicted octanol–water partition coefficient (Wildman–Crippen LogP) is 3.76. The molecule has 0 bridgehead atoms. The Bertz CT molecular complexity index is 515. The second kappa shape index (κ2) is 9.05. The van der Waals surface area contributed by atoms with E-state index in [1.165, 1.54) is 25.7 Å². The van der Waals surface area contributed by atoms with E-state index in [1.807, 2.05) is 12.1 Å². The summed E-state index contributed by atoms with van der Waals surface area (Å²) >= 11 is 0. The van der Waals surface area contributed by atoms with Crippen LogP contribution in [-0.4, -0.2) is 21.0 Å². The highest BCUT2D eigenvalue weighted by atomic mass is 32.2. The van der Waals surface area contributed by atoms with Crippen LogP contribution in [0.1, 0.15) is 52.9 Å². The fourth-order valence-corrected chi connectivity index (χ4v) is 3.51. The van der Waals surface area contributed by atoms with E-state index in [4.69, 9.17) is 0 Å². The number of para-hydroxylation sites is 1. The first kappa shape index (κ1) is 18.0. The van der Waals surface area contributed by atoms with Gasteiger partial charge in [0.05, 0.1) is 5.69 Å². The van der Waals surface area contributed by atoms with Gasteiger partial charge in [0.15, 0.2) is 0 Å². The summed E-state index contributed by atoms with van der Waals surface area (Å²) in [5, 5.41) is 3.33. The van der Waals surface area contributed by atoms with Gasteiger partial charge < -0.3 is 5.32 Å². The highest BCUT2D eigenvalue weighted by Crippen LogP contribution is 2.22. The van der Waals surface area contributed by atoms with Crippen molar-refractivity contribution in [3.05, 3.63) is 24.3 Å². The Morgan fingerprint density at radius 3 is 2.48 bits per heavy atom. The SMILES string of the molecule is CCCCCCC(C)Nc1ccccc1S(=O)(=O)NCC. The van der Waals surface area contributed by atoms with E-state index >= 15 is 0 Å². The van der Waals surface area contributed by atoms with Crippen LogP contribution in [0.4, 0.5) is 5.69 Å². The lowest BCUT2D eigenvalue weighted by Crippen LogP contribution is -2.25. The molecule has 0 spiro atoms. The van der Waals surface area contributed by atoms with Crippen molar-refractivity contribution in [2.75, 3.05) is 11.9 Å². The first-order chi connectivity index (χ1) is 10.0. The standard InChI is InChI=1S/C16H28N2O2S/c1-4-6-7-8-11-14(3)18-15-12-9-10-13-16(15)21(19,20)17-5-2/h9-10,12-14,17-18H,4-8,11H2,1-3H3. The zero-order valence-electron chi connectivity index (χ0n) is 13.4. The number of hydrogen-bond donors (Lipinski definition) is 2. The van der Waals surface area contributed by atoms with Gasteiger partial charge in [-0.25, -0.2) is 13.1 Å². The van der Waals surface area contributed by atoms with Crippen molar-refractivity contribution < 1.29 is 8.42 Å². The zero-order valence-corrected chi connectivity index (χ0v) is 14.2. The summed E-state index contributed by atoms with van der Waals surface area (Å²) < 4.78 is 26.9. The van der Waals surface area contributed by atoms with Crippen molar-refractivity contribution in [3.8, 4) is 0 Å². The third-order valence-electron chi connectivity index (χ3n) is 3.40. The molecule has 0 fully saturated rings. The molecule has 0 saturated carbocycles. The Balaban J connectivity index is 2.71. The summed E-state index contributed by atoms with van der Waals surface area (Å²) in [5.41, 5.74) is 0.682. The molecule has 1 aromatic rings. The molecule has 0 aliphatic heterocycles. The van der Waals surface area contributed by atoms with E-state index in [9.17, 15) is 8.42 Å². The van der Waals surface area contributed by atoms with E-state index in [0.717, 1.165) is 6.42 Å². The van der Waals surface area contributed by atoms with Gasteiger partial charge in [-0.15, -0.1) is 0 Å². The Hall–Kier alpha value is -1.07. The molecule has 0 radical (unpaired) electrons. The van der Waals surface area contributed by atoms with Crippen LogP contribution in [0, 0.1) is 0 Å². The van der Waals surface area contributed by atoms with Crippen LogP contribution in [0.3, 0.4) is 0 Å². The van der Waals surface area contributed by atoms with Crippen LogP contribution < -0.4 is 10.0 Å². The molecule has 1 rings (SSSR count). The molecule has 1 unspecified atom stereocenters. The number of hydrogen-bond acceptors (Lipinski definition) is 3. The molecule has 2 N–H and O–H groups in total. The summed E-state index contributed by atoms with van der Waals surface area (Å²) in [7, 11) is -3.43. The molecule has 0 aliphatic carbocycles. The van der Waals surface area contributed by atoms with Crippen molar-refractivity contribution in [3.63, 3.8) is 0 Å². The fourth-order valence-electron chi connectivity index (χ4n) is 2.30. The highest BCUT2D eigenvalue weighted by Gasteiger charge is 2.17. The summed E-state index contributed by atoms with van der Waals surface area (Å²) in [6, 6.07) is 7.34. The van der Waals surface area contributed by atoms with Crippen LogP contribution in [-0.2, 0) is 10.0 Å². The van der Waals surface area contributed by atoms with Gasteiger partial charge in [0, 0.05) is 12.6 Å². The van der Waals surface area contributed by atoms with E-state index in [2.05, 4.69) is 23.9 Å². The van der Waals surface area contributed by atoms with Gasteiger partial charge in [-0.2, -0.15) is 0 Å². The number of anilines is 1. The second-order valence-corrected chi connectivity index (χ2v) is 7.13. The van der Waals surface area contributed by atoms with E-state index in [0.29, 0.717) is 17.1 Å². The van der Waals surface area contributed by atoms with Crippen molar-refractivity contribution in [2.45, 2.75) is 63.8 Å². The maximum Gasteiger partial charge on any atom is 0.242 e. The molecule has 5 heteroatoms. The molecular formula is C16H28N2O2S. The van der Waals surface area contributed by atoms with Gasteiger partial charge in [0.1, 0.15) is 4.90 Å². The van der Waals surface area contributed by atoms with Gasteiger partial charge in [-0.3, -0.25) is 0 Å². The minimum atomic E-state index is -3.43. The molecule has 0 saturated heterocycles. The van der Waals surface area contributed by atoms with E-state index < -0.39 is 10.0 Å². The minimum absolute atomic E-state index is 0.264. The third kappa shape index (κ3) is 6.06. The van der Waals surface area contributed by atoms with Crippen molar-refractivity contribution in [2.24, 2.45) is 0 Å². The number of nitrogens with one attached hydrogen (secondary N) is 2. The van der Waals surface area contributed by atoms with Gasteiger partial charge in [0.25, 0.3) is 0 Å². The molecular weight excluding hydrogens is 284 g/mol. The normalized spacial score (nSPS) is 13.1. The second-order valence-electron chi connectivity index (χ2n) is 5.39. The topological polar surface area (TPSA) is 58.2 Å². The van der Waals surface area contributed by atoms with E-state index in [1.54, 1.807) is 19.1 Å². The Labute approximate surface area is 129 Å². The van der Waals surface area contributed by atoms with Gasteiger partial charge in [0.2, 0.25) is 10.0 Å². The number of benzene rings is 1. The van der Waals surface area contributed by atoms with Gasteiger partial charge >= 0.3 is 0 Å².